The smallest absolute Gasteiger partial charge is 0.351 e. The van der Waals surface area contributed by atoms with Crippen LogP contribution >= 0.6 is 11.3 Å². The first-order valence-electron chi connectivity index (χ1n) is 10.0. The van der Waals surface area contributed by atoms with Gasteiger partial charge in [-0.3, -0.25) is 10.1 Å². The van der Waals surface area contributed by atoms with Gasteiger partial charge in [0.15, 0.2) is 6.10 Å². The number of nitrogens with one attached hydrogen (secondary N) is 2. The van der Waals surface area contributed by atoms with Crippen LogP contribution in [0.2, 0.25) is 0 Å². The number of nitrogens with zero attached hydrogens (tertiary/aromatic N) is 1. The molecule has 5 rings (SSSR count). The van der Waals surface area contributed by atoms with Crippen molar-refractivity contribution in [2.45, 2.75) is 70.9 Å². The predicted molar refractivity (Wildman–Crippen MR) is 104 cm³/mol. The Kier molecular flexibility index (Phi) is 4.93. The molecule has 4 aliphatic rings. The van der Waals surface area contributed by atoms with Crippen LogP contribution in [0.4, 0.5) is 4.79 Å². The first-order valence-corrected chi connectivity index (χ1v) is 10.8. The van der Waals surface area contributed by atoms with Crippen LogP contribution in [-0.4, -0.2) is 34.5 Å². The summed E-state index contributed by atoms with van der Waals surface area (Å²) in [6, 6.07) is -0.486. The fourth-order valence-electron chi connectivity index (χ4n) is 5.74. The number of hydrogen-bond donors (Lipinski definition) is 2. The molecule has 4 bridgehead atoms. The molecule has 4 saturated carbocycles. The molecule has 1 aromatic heterocycles. The number of amides is 3. The van der Waals surface area contributed by atoms with Gasteiger partial charge < -0.3 is 10.1 Å². The molecule has 0 aliphatic heterocycles. The maximum atomic E-state index is 12.5. The van der Waals surface area contributed by atoms with Crippen molar-refractivity contribution < 1.29 is 19.1 Å². The Hall–Kier alpha value is -1.96. The van der Waals surface area contributed by atoms with Gasteiger partial charge >= 0.3 is 12.0 Å². The number of aromatic nitrogens is 1. The minimum Gasteiger partial charge on any atom is -0.448 e. The number of ether oxygens (including phenoxy) is 1. The number of imide groups is 1. The van der Waals surface area contributed by atoms with Crippen molar-refractivity contribution in [1.29, 1.82) is 0 Å². The SMILES string of the molecule is Cc1nc(C)c(C(=O)O[C@H](C)C(=O)NC(=O)NC23CC4CC(CC(C4)C2)C3)s1. The van der Waals surface area contributed by atoms with Gasteiger partial charge in [0.25, 0.3) is 5.91 Å². The van der Waals surface area contributed by atoms with E-state index >= 15 is 0 Å². The molecule has 7 nitrogen and oxygen atoms in total. The van der Waals surface area contributed by atoms with Crippen LogP contribution in [0.1, 0.15) is 65.8 Å². The van der Waals surface area contributed by atoms with E-state index in [-0.39, 0.29) is 5.54 Å². The number of rotatable bonds is 4. The number of carbonyl (C=O) groups is 3. The lowest BCUT2D eigenvalue weighted by molar-refractivity contribution is -0.128. The number of carbonyl (C=O) groups excluding carboxylic acids is 3. The quantitative estimate of drug-likeness (QED) is 0.750. The average Bonchev–Trinajstić information content (AvgIpc) is 2.91. The minimum atomic E-state index is -1.06. The summed E-state index contributed by atoms with van der Waals surface area (Å²) >= 11 is 1.23. The molecular formula is C20H27N3O4S. The molecule has 1 aromatic rings. The third-order valence-corrected chi connectivity index (χ3v) is 7.45. The molecule has 8 heteroatoms. The van der Waals surface area contributed by atoms with Crippen molar-refractivity contribution in [2.24, 2.45) is 17.8 Å². The molecule has 28 heavy (non-hydrogen) atoms. The van der Waals surface area contributed by atoms with Crippen LogP contribution in [0.5, 0.6) is 0 Å². The molecule has 3 amide bonds. The standard InChI is InChI=1S/C20H27N3O4S/c1-10-16(28-12(3)21-10)18(25)27-11(2)17(24)22-19(26)23-20-7-13-4-14(8-20)6-15(5-13)9-20/h11,13-15H,4-9H2,1-3H3,(H2,22,23,24,26)/t11-,13?,14?,15?,20?/m1/s1. The molecule has 0 radical (unpaired) electrons. The highest BCUT2D eigenvalue weighted by atomic mass is 32.1. The second-order valence-corrected chi connectivity index (χ2v) is 10.0. The third-order valence-electron chi connectivity index (χ3n) is 6.40. The monoisotopic (exact) mass is 405 g/mol. The lowest BCUT2D eigenvalue weighted by Crippen LogP contribution is -2.62. The van der Waals surface area contributed by atoms with E-state index in [9.17, 15) is 14.4 Å². The van der Waals surface area contributed by atoms with Gasteiger partial charge in [0, 0.05) is 5.54 Å². The van der Waals surface area contributed by atoms with Gasteiger partial charge in [0.2, 0.25) is 0 Å². The Morgan fingerprint density at radius 2 is 1.68 bits per heavy atom. The number of hydrogen-bond acceptors (Lipinski definition) is 6. The lowest BCUT2D eigenvalue weighted by Gasteiger charge is -2.56. The Bertz CT molecular complexity index is 783. The van der Waals surface area contributed by atoms with E-state index < -0.39 is 24.0 Å². The molecule has 1 atom stereocenters. The van der Waals surface area contributed by atoms with E-state index in [1.54, 1.807) is 13.8 Å². The summed E-state index contributed by atoms with van der Waals surface area (Å²) in [5.74, 6) is 0.899. The fourth-order valence-corrected chi connectivity index (χ4v) is 6.54. The van der Waals surface area contributed by atoms with Crippen molar-refractivity contribution in [3.63, 3.8) is 0 Å². The fraction of sp³-hybridized carbons (Fsp3) is 0.700. The molecule has 1 heterocycles. The van der Waals surface area contributed by atoms with Crippen molar-refractivity contribution in [3.8, 4) is 0 Å². The molecule has 4 aliphatic carbocycles. The Morgan fingerprint density at radius 1 is 1.11 bits per heavy atom. The van der Waals surface area contributed by atoms with E-state index in [0.29, 0.717) is 28.3 Å². The van der Waals surface area contributed by atoms with Crippen molar-refractivity contribution >= 4 is 29.2 Å². The maximum absolute atomic E-state index is 12.5. The third kappa shape index (κ3) is 3.79. The van der Waals surface area contributed by atoms with E-state index in [4.69, 9.17) is 4.74 Å². The average molecular weight is 406 g/mol. The van der Waals surface area contributed by atoms with Gasteiger partial charge in [-0.1, -0.05) is 0 Å². The topological polar surface area (TPSA) is 97.4 Å². The van der Waals surface area contributed by atoms with Gasteiger partial charge in [-0.15, -0.1) is 11.3 Å². The highest BCUT2D eigenvalue weighted by Crippen LogP contribution is 2.55. The van der Waals surface area contributed by atoms with Crippen LogP contribution < -0.4 is 10.6 Å². The molecule has 2 N–H and O–H groups in total. The van der Waals surface area contributed by atoms with E-state index in [2.05, 4.69) is 15.6 Å². The Morgan fingerprint density at radius 3 is 2.18 bits per heavy atom. The summed E-state index contributed by atoms with van der Waals surface area (Å²) in [6.07, 6.45) is 5.82. The predicted octanol–water partition coefficient (Wildman–Crippen LogP) is 3.10. The first kappa shape index (κ1) is 19.4. The summed E-state index contributed by atoms with van der Waals surface area (Å²) in [5, 5.41) is 6.20. The first-order chi connectivity index (χ1) is 13.2. The van der Waals surface area contributed by atoms with Crippen molar-refractivity contribution in [1.82, 2.24) is 15.6 Å². The molecule has 152 valence electrons. The van der Waals surface area contributed by atoms with Crippen LogP contribution in [-0.2, 0) is 9.53 Å². The summed E-state index contributed by atoms with van der Waals surface area (Å²) in [5.41, 5.74) is 0.413. The zero-order chi connectivity index (χ0) is 20.1. The lowest BCUT2D eigenvalue weighted by atomic mass is 9.53. The van der Waals surface area contributed by atoms with Gasteiger partial charge in [0.1, 0.15) is 4.88 Å². The molecular weight excluding hydrogens is 378 g/mol. The van der Waals surface area contributed by atoms with Crippen LogP contribution in [0.15, 0.2) is 0 Å². The van der Waals surface area contributed by atoms with Gasteiger partial charge in [-0.25, -0.2) is 14.6 Å². The zero-order valence-electron chi connectivity index (χ0n) is 16.5. The van der Waals surface area contributed by atoms with Crippen LogP contribution in [0.3, 0.4) is 0 Å². The number of esters is 1. The van der Waals surface area contributed by atoms with E-state index in [1.807, 2.05) is 0 Å². The Balaban J connectivity index is 1.31. The zero-order valence-corrected chi connectivity index (χ0v) is 17.4. The summed E-state index contributed by atoms with van der Waals surface area (Å²) < 4.78 is 5.23. The number of aryl methyl sites for hydroxylation is 2. The Labute approximate surface area is 168 Å². The normalized spacial score (nSPS) is 31.3. The minimum absolute atomic E-state index is 0.170. The van der Waals surface area contributed by atoms with Gasteiger partial charge in [-0.05, 0) is 77.0 Å². The second-order valence-electron chi connectivity index (χ2n) is 8.84. The number of thiazole rings is 1. The summed E-state index contributed by atoms with van der Waals surface area (Å²) in [6.45, 7) is 5.00. The maximum Gasteiger partial charge on any atom is 0.351 e. The van der Waals surface area contributed by atoms with Crippen molar-refractivity contribution in [3.05, 3.63) is 15.6 Å². The second kappa shape index (κ2) is 7.13. The largest absolute Gasteiger partial charge is 0.448 e. The summed E-state index contributed by atoms with van der Waals surface area (Å²) in [7, 11) is 0. The molecule has 4 fully saturated rings. The van der Waals surface area contributed by atoms with E-state index in [1.165, 1.54) is 37.5 Å². The van der Waals surface area contributed by atoms with E-state index in [0.717, 1.165) is 24.3 Å². The van der Waals surface area contributed by atoms with Crippen LogP contribution in [0, 0.1) is 31.6 Å². The molecule has 0 aromatic carbocycles. The highest BCUT2D eigenvalue weighted by Gasteiger charge is 2.51. The molecule has 0 spiro atoms. The molecule has 0 unspecified atom stereocenters. The van der Waals surface area contributed by atoms with Crippen LogP contribution in [0.25, 0.3) is 0 Å². The number of urea groups is 1. The highest BCUT2D eigenvalue weighted by molar-refractivity contribution is 7.13. The molecule has 0 saturated heterocycles. The summed E-state index contributed by atoms with van der Waals surface area (Å²) in [4.78, 5) is 41.6. The van der Waals surface area contributed by atoms with Gasteiger partial charge in [-0.2, -0.15) is 0 Å². The van der Waals surface area contributed by atoms with Gasteiger partial charge in [0.05, 0.1) is 10.7 Å². The van der Waals surface area contributed by atoms with Crippen molar-refractivity contribution in [2.75, 3.05) is 0 Å².